The van der Waals surface area contributed by atoms with E-state index in [2.05, 4.69) is 10.0 Å². The zero-order valence-corrected chi connectivity index (χ0v) is 14.2. The number of aryl methyl sites for hydroxylation is 2. The summed E-state index contributed by atoms with van der Waals surface area (Å²) in [6, 6.07) is 12.2. The van der Waals surface area contributed by atoms with Gasteiger partial charge in [-0.1, -0.05) is 30.3 Å². The molecule has 0 aromatic heterocycles. The van der Waals surface area contributed by atoms with Gasteiger partial charge in [-0.3, -0.25) is 4.79 Å². The van der Waals surface area contributed by atoms with Crippen LogP contribution in [0, 0.1) is 20.8 Å². The van der Waals surface area contributed by atoms with Gasteiger partial charge < -0.3 is 5.32 Å². The Morgan fingerprint density at radius 2 is 1.61 bits per heavy atom. The molecule has 2 aromatic rings. The van der Waals surface area contributed by atoms with Gasteiger partial charge in [0.1, 0.15) is 0 Å². The molecule has 0 radical (unpaired) electrons. The molecule has 6 heteroatoms. The van der Waals surface area contributed by atoms with Crippen LogP contribution < -0.4 is 10.0 Å². The maximum absolute atomic E-state index is 12.2. The summed E-state index contributed by atoms with van der Waals surface area (Å²) in [5.41, 5.74) is 3.34. The Hall–Kier alpha value is -2.18. The van der Waals surface area contributed by atoms with E-state index >= 15 is 0 Å². The number of benzene rings is 2. The molecule has 0 aliphatic rings. The third-order valence-electron chi connectivity index (χ3n) is 3.68. The fraction of sp³-hybridized carbons (Fsp3) is 0.235. The molecule has 0 unspecified atom stereocenters. The van der Waals surface area contributed by atoms with Crippen molar-refractivity contribution < 1.29 is 13.2 Å². The fourth-order valence-electron chi connectivity index (χ4n) is 2.18. The first-order valence-corrected chi connectivity index (χ1v) is 8.71. The summed E-state index contributed by atoms with van der Waals surface area (Å²) in [5, 5.41) is 2.72. The lowest BCUT2D eigenvalue weighted by Crippen LogP contribution is -2.33. The van der Waals surface area contributed by atoms with Gasteiger partial charge in [-0.2, -0.15) is 0 Å². The van der Waals surface area contributed by atoms with Gasteiger partial charge in [-0.25, -0.2) is 13.1 Å². The van der Waals surface area contributed by atoms with Crippen LogP contribution in [0.4, 0.5) is 5.69 Å². The van der Waals surface area contributed by atoms with E-state index in [-0.39, 0.29) is 11.4 Å². The molecule has 23 heavy (non-hydrogen) atoms. The number of carbonyl (C=O) groups is 1. The number of hydrogen-bond acceptors (Lipinski definition) is 3. The maximum Gasteiger partial charge on any atom is 0.241 e. The Bertz CT molecular complexity index is 829. The summed E-state index contributed by atoms with van der Waals surface area (Å²) in [5.74, 6) is -0.407. The highest BCUT2D eigenvalue weighted by molar-refractivity contribution is 7.89. The summed E-state index contributed by atoms with van der Waals surface area (Å²) in [7, 11) is -3.71. The quantitative estimate of drug-likeness (QED) is 0.883. The van der Waals surface area contributed by atoms with Crippen molar-refractivity contribution >= 4 is 21.6 Å². The molecule has 0 saturated heterocycles. The van der Waals surface area contributed by atoms with Crippen LogP contribution in [0.5, 0.6) is 0 Å². The van der Waals surface area contributed by atoms with Gasteiger partial charge in [0.25, 0.3) is 0 Å². The van der Waals surface area contributed by atoms with Crippen LogP contribution >= 0.6 is 0 Å². The molecule has 0 spiro atoms. The van der Waals surface area contributed by atoms with Crippen LogP contribution in [0.25, 0.3) is 0 Å². The van der Waals surface area contributed by atoms with Crippen molar-refractivity contribution in [3.8, 4) is 0 Å². The van der Waals surface area contributed by atoms with Gasteiger partial charge in [0.15, 0.2) is 0 Å². The van der Waals surface area contributed by atoms with E-state index in [1.807, 2.05) is 26.0 Å². The second kappa shape index (κ2) is 6.93. The molecular weight excluding hydrogens is 312 g/mol. The number of carbonyl (C=O) groups excluding carboxylic acids is 1. The lowest BCUT2D eigenvalue weighted by atomic mass is 10.1. The van der Waals surface area contributed by atoms with E-state index in [9.17, 15) is 13.2 Å². The standard InChI is InChI=1S/C17H20N2O3S/c1-12-8-6-9-15(14(12)3)19-17(20)11-18-23(21,22)16-10-5-4-7-13(16)2/h4-10,18H,11H2,1-3H3,(H,19,20). The highest BCUT2D eigenvalue weighted by atomic mass is 32.2. The molecule has 0 saturated carbocycles. The SMILES string of the molecule is Cc1ccccc1S(=O)(=O)NCC(=O)Nc1cccc(C)c1C. The molecule has 0 heterocycles. The maximum atomic E-state index is 12.2. The number of anilines is 1. The minimum atomic E-state index is -3.71. The van der Waals surface area contributed by atoms with Crippen LogP contribution in [0.3, 0.4) is 0 Å². The number of hydrogen-bond donors (Lipinski definition) is 2. The number of rotatable bonds is 5. The molecule has 2 rings (SSSR count). The summed E-state index contributed by atoms with van der Waals surface area (Å²) in [6.07, 6.45) is 0. The van der Waals surface area contributed by atoms with Crippen molar-refractivity contribution in [3.63, 3.8) is 0 Å². The van der Waals surface area contributed by atoms with Crippen molar-refractivity contribution in [1.29, 1.82) is 0 Å². The van der Waals surface area contributed by atoms with Crippen LogP contribution in [-0.4, -0.2) is 20.9 Å². The molecular formula is C17H20N2O3S. The highest BCUT2D eigenvalue weighted by Crippen LogP contribution is 2.18. The van der Waals surface area contributed by atoms with E-state index in [1.165, 1.54) is 6.07 Å². The van der Waals surface area contributed by atoms with E-state index < -0.39 is 15.9 Å². The van der Waals surface area contributed by atoms with Gasteiger partial charge in [-0.15, -0.1) is 0 Å². The summed E-state index contributed by atoms with van der Waals surface area (Å²) < 4.78 is 26.8. The van der Waals surface area contributed by atoms with Crippen LogP contribution in [-0.2, 0) is 14.8 Å². The largest absolute Gasteiger partial charge is 0.325 e. The average Bonchev–Trinajstić information content (AvgIpc) is 2.50. The summed E-state index contributed by atoms with van der Waals surface area (Å²) >= 11 is 0. The first-order chi connectivity index (χ1) is 10.8. The topological polar surface area (TPSA) is 75.3 Å². The van der Waals surface area contributed by atoms with Crippen LogP contribution in [0.2, 0.25) is 0 Å². The number of nitrogens with one attached hydrogen (secondary N) is 2. The van der Waals surface area contributed by atoms with Crippen molar-refractivity contribution in [3.05, 3.63) is 59.2 Å². The lowest BCUT2D eigenvalue weighted by molar-refractivity contribution is -0.115. The zero-order valence-electron chi connectivity index (χ0n) is 13.4. The zero-order chi connectivity index (χ0) is 17.0. The summed E-state index contributed by atoms with van der Waals surface area (Å²) in [4.78, 5) is 12.2. The van der Waals surface area contributed by atoms with Crippen molar-refractivity contribution in [1.82, 2.24) is 4.72 Å². The third kappa shape index (κ3) is 4.18. The normalized spacial score (nSPS) is 11.3. The Morgan fingerprint density at radius 3 is 2.30 bits per heavy atom. The lowest BCUT2D eigenvalue weighted by Gasteiger charge is -2.12. The van der Waals surface area contributed by atoms with Crippen molar-refractivity contribution in [2.75, 3.05) is 11.9 Å². The Morgan fingerprint density at radius 1 is 0.957 bits per heavy atom. The van der Waals surface area contributed by atoms with Gasteiger partial charge in [0.2, 0.25) is 15.9 Å². The molecule has 0 bridgehead atoms. The molecule has 2 aromatic carbocycles. The predicted molar refractivity (Wildman–Crippen MR) is 90.9 cm³/mol. The van der Waals surface area contributed by atoms with E-state index in [0.29, 0.717) is 11.3 Å². The van der Waals surface area contributed by atoms with E-state index in [0.717, 1.165) is 11.1 Å². The fourth-order valence-corrected chi connectivity index (χ4v) is 3.40. The minimum Gasteiger partial charge on any atom is -0.325 e. The average molecular weight is 332 g/mol. The van der Waals surface area contributed by atoms with E-state index in [4.69, 9.17) is 0 Å². The van der Waals surface area contributed by atoms with E-state index in [1.54, 1.807) is 31.2 Å². The third-order valence-corrected chi connectivity index (χ3v) is 5.25. The number of sulfonamides is 1. The Kier molecular flexibility index (Phi) is 5.18. The Labute approximate surface area is 136 Å². The van der Waals surface area contributed by atoms with Gasteiger partial charge in [-0.05, 0) is 49.6 Å². The first-order valence-electron chi connectivity index (χ1n) is 7.22. The van der Waals surface area contributed by atoms with Gasteiger partial charge in [0, 0.05) is 5.69 Å². The van der Waals surface area contributed by atoms with Gasteiger partial charge in [0.05, 0.1) is 11.4 Å². The predicted octanol–water partition coefficient (Wildman–Crippen LogP) is 2.53. The molecule has 2 N–H and O–H groups in total. The number of amides is 1. The molecule has 122 valence electrons. The van der Waals surface area contributed by atoms with Gasteiger partial charge >= 0.3 is 0 Å². The smallest absolute Gasteiger partial charge is 0.241 e. The van der Waals surface area contributed by atoms with Crippen molar-refractivity contribution in [2.45, 2.75) is 25.7 Å². The van der Waals surface area contributed by atoms with Crippen molar-refractivity contribution in [2.24, 2.45) is 0 Å². The second-order valence-electron chi connectivity index (χ2n) is 5.39. The molecule has 0 atom stereocenters. The Balaban J connectivity index is 2.04. The first kappa shape index (κ1) is 17.2. The minimum absolute atomic E-state index is 0.180. The summed E-state index contributed by atoms with van der Waals surface area (Å²) in [6.45, 7) is 5.25. The molecule has 0 aliphatic heterocycles. The molecule has 1 amide bonds. The highest BCUT2D eigenvalue weighted by Gasteiger charge is 2.17. The van der Waals surface area contributed by atoms with Crippen LogP contribution in [0.15, 0.2) is 47.4 Å². The second-order valence-corrected chi connectivity index (χ2v) is 7.12. The molecule has 0 fully saturated rings. The monoisotopic (exact) mass is 332 g/mol. The molecule has 0 aliphatic carbocycles. The van der Waals surface area contributed by atoms with Crippen LogP contribution in [0.1, 0.15) is 16.7 Å². The molecule has 5 nitrogen and oxygen atoms in total.